The molecule has 6 heteroatoms. The second-order valence-corrected chi connectivity index (χ2v) is 7.12. The summed E-state index contributed by atoms with van der Waals surface area (Å²) in [7, 11) is 0. The first-order valence-electron chi connectivity index (χ1n) is 8.75. The van der Waals surface area contributed by atoms with E-state index in [9.17, 15) is 9.59 Å². The second kappa shape index (κ2) is 7.94. The Morgan fingerprint density at radius 2 is 1.96 bits per heavy atom. The fourth-order valence-corrected chi connectivity index (χ4v) is 3.38. The number of carbonyl (C=O) groups is 2. The van der Waals surface area contributed by atoms with Gasteiger partial charge in [-0.3, -0.25) is 9.69 Å². The molecule has 0 unspecified atom stereocenters. The molecule has 1 aliphatic heterocycles. The van der Waals surface area contributed by atoms with Crippen LogP contribution in [-0.2, 0) is 11.3 Å². The van der Waals surface area contributed by atoms with Gasteiger partial charge in [-0.25, -0.2) is 4.79 Å². The van der Waals surface area contributed by atoms with Gasteiger partial charge in [0.15, 0.2) is 5.78 Å². The maximum atomic E-state index is 12.9. The summed E-state index contributed by atoms with van der Waals surface area (Å²) in [6.45, 7) is 4.15. The van der Waals surface area contributed by atoms with Crippen LogP contribution in [0.5, 0.6) is 0 Å². The predicted octanol–water partition coefficient (Wildman–Crippen LogP) is 4.48. The minimum atomic E-state index is -0.343. The van der Waals surface area contributed by atoms with E-state index < -0.39 is 0 Å². The maximum Gasteiger partial charge on any atom is 0.326 e. The SMILES string of the molecule is Cc1ccc([C@@H]2CC(=O)C=CN2C(=O)Nc2cc(CN)c(Cl)cc2C)cc1. The summed E-state index contributed by atoms with van der Waals surface area (Å²) >= 11 is 6.17. The first kappa shape index (κ1) is 19.1. The van der Waals surface area contributed by atoms with Crippen LogP contribution in [0.15, 0.2) is 48.7 Å². The van der Waals surface area contributed by atoms with Crippen LogP contribution >= 0.6 is 11.6 Å². The van der Waals surface area contributed by atoms with Gasteiger partial charge in [-0.2, -0.15) is 0 Å². The minimum Gasteiger partial charge on any atom is -0.326 e. The molecule has 2 aromatic carbocycles. The molecule has 1 atom stereocenters. The number of nitrogens with one attached hydrogen (secondary N) is 1. The standard InChI is InChI=1S/C21H22ClN3O2/c1-13-3-5-15(6-4-13)20-11-17(26)7-8-25(20)21(27)24-19-10-16(12-23)18(22)9-14(19)2/h3-10,20H,11-12,23H2,1-2H3,(H,24,27)/t20-/m0/s1. The number of aryl methyl sites for hydroxylation is 2. The van der Waals surface area contributed by atoms with Crippen LogP contribution in [-0.4, -0.2) is 16.7 Å². The molecular formula is C21H22ClN3O2. The minimum absolute atomic E-state index is 0.00211. The Balaban J connectivity index is 1.88. The molecule has 0 fully saturated rings. The van der Waals surface area contributed by atoms with E-state index in [4.69, 9.17) is 17.3 Å². The Bertz CT molecular complexity index is 906. The lowest BCUT2D eigenvalue weighted by atomic mass is 9.97. The van der Waals surface area contributed by atoms with Crippen molar-refractivity contribution < 1.29 is 9.59 Å². The molecule has 0 aromatic heterocycles. The molecule has 0 radical (unpaired) electrons. The van der Waals surface area contributed by atoms with Gasteiger partial charge in [0.1, 0.15) is 0 Å². The lowest BCUT2D eigenvalue weighted by Gasteiger charge is -2.31. The van der Waals surface area contributed by atoms with E-state index in [1.807, 2.05) is 38.1 Å². The molecule has 140 valence electrons. The van der Waals surface area contributed by atoms with Gasteiger partial charge in [0.05, 0.1) is 6.04 Å². The second-order valence-electron chi connectivity index (χ2n) is 6.71. The van der Waals surface area contributed by atoms with Crippen molar-refractivity contribution in [1.29, 1.82) is 0 Å². The van der Waals surface area contributed by atoms with Crippen molar-refractivity contribution in [2.24, 2.45) is 5.73 Å². The highest BCUT2D eigenvalue weighted by Gasteiger charge is 2.29. The highest BCUT2D eigenvalue weighted by Crippen LogP contribution is 2.30. The molecule has 0 bridgehead atoms. The van der Waals surface area contributed by atoms with Crippen LogP contribution in [0, 0.1) is 13.8 Å². The van der Waals surface area contributed by atoms with E-state index in [1.54, 1.807) is 23.2 Å². The number of urea groups is 1. The van der Waals surface area contributed by atoms with Crippen molar-refractivity contribution in [2.45, 2.75) is 32.9 Å². The molecule has 3 N–H and O–H groups in total. The molecule has 0 saturated heterocycles. The normalized spacial score (nSPS) is 16.5. The quantitative estimate of drug-likeness (QED) is 0.820. The van der Waals surface area contributed by atoms with Gasteiger partial charge < -0.3 is 11.1 Å². The molecule has 0 aliphatic carbocycles. The fourth-order valence-electron chi connectivity index (χ4n) is 3.09. The number of rotatable bonds is 3. The van der Waals surface area contributed by atoms with Gasteiger partial charge in [-0.1, -0.05) is 41.4 Å². The fraction of sp³-hybridized carbons (Fsp3) is 0.238. The third-order valence-corrected chi connectivity index (χ3v) is 5.05. The van der Waals surface area contributed by atoms with Gasteiger partial charge >= 0.3 is 6.03 Å². The Morgan fingerprint density at radius 3 is 2.63 bits per heavy atom. The molecule has 0 spiro atoms. The van der Waals surface area contributed by atoms with Crippen LogP contribution in [0.4, 0.5) is 10.5 Å². The number of hydrogen-bond acceptors (Lipinski definition) is 3. The number of benzene rings is 2. The molecule has 0 saturated carbocycles. The Hall–Kier alpha value is -2.63. The number of ketones is 1. The Labute approximate surface area is 163 Å². The summed E-state index contributed by atoms with van der Waals surface area (Å²) in [6.07, 6.45) is 3.23. The summed E-state index contributed by atoms with van der Waals surface area (Å²) in [6, 6.07) is 10.8. The lowest BCUT2D eigenvalue weighted by Crippen LogP contribution is -2.37. The Morgan fingerprint density at radius 1 is 1.26 bits per heavy atom. The highest BCUT2D eigenvalue weighted by molar-refractivity contribution is 6.31. The van der Waals surface area contributed by atoms with Gasteiger partial charge in [-0.05, 0) is 48.7 Å². The third-order valence-electron chi connectivity index (χ3n) is 4.70. The van der Waals surface area contributed by atoms with Crippen LogP contribution < -0.4 is 11.1 Å². The molecule has 27 heavy (non-hydrogen) atoms. The number of halogens is 1. The van der Waals surface area contributed by atoms with Crippen molar-refractivity contribution in [2.75, 3.05) is 5.32 Å². The number of nitrogens with zero attached hydrogens (tertiary/aromatic N) is 1. The summed E-state index contributed by atoms with van der Waals surface area (Å²) in [5.74, 6) is -0.00211. The van der Waals surface area contributed by atoms with Gasteiger partial charge in [-0.15, -0.1) is 0 Å². The number of amides is 2. The summed E-state index contributed by atoms with van der Waals surface area (Å²) in [5, 5.41) is 3.50. The van der Waals surface area contributed by atoms with Crippen molar-refractivity contribution in [3.8, 4) is 0 Å². The van der Waals surface area contributed by atoms with Crippen molar-refractivity contribution >= 4 is 29.1 Å². The number of anilines is 1. The molecular weight excluding hydrogens is 362 g/mol. The molecule has 5 nitrogen and oxygen atoms in total. The number of allylic oxidation sites excluding steroid dienone is 1. The van der Waals surface area contributed by atoms with E-state index in [0.29, 0.717) is 10.7 Å². The van der Waals surface area contributed by atoms with Crippen LogP contribution in [0.25, 0.3) is 0 Å². The first-order chi connectivity index (χ1) is 12.9. The van der Waals surface area contributed by atoms with Crippen LogP contribution in [0.2, 0.25) is 5.02 Å². The van der Waals surface area contributed by atoms with Crippen molar-refractivity contribution in [3.05, 3.63) is 76.0 Å². The zero-order valence-corrected chi connectivity index (χ0v) is 16.1. The van der Waals surface area contributed by atoms with E-state index in [-0.39, 0.29) is 30.8 Å². The zero-order chi connectivity index (χ0) is 19.6. The molecule has 2 aromatic rings. The monoisotopic (exact) mass is 383 g/mol. The van der Waals surface area contributed by atoms with Crippen molar-refractivity contribution in [1.82, 2.24) is 4.90 Å². The van der Waals surface area contributed by atoms with Crippen molar-refractivity contribution in [3.63, 3.8) is 0 Å². The Kier molecular flexibility index (Phi) is 5.63. The largest absolute Gasteiger partial charge is 0.326 e. The van der Waals surface area contributed by atoms with E-state index in [2.05, 4.69) is 5.32 Å². The van der Waals surface area contributed by atoms with E-state index in [0.717, 1.165) is 22.3 Å². The van der Waals surface area contributed by atoms with Gasteiger partial charge in [0.2, 0.25) is 0 Å². The summed E-state index contributed by atoms with van der Waals surface area (Å²) < 4.78 is 0. The van der Waals surface area contributed by atoms with Gasteiger partial charge in [0.25, 0.3) is 0 Å². The number of hydrogen-bond donors (Lipinski definition) is 2. The van der Waals surface area contributed by atoms with E-state index in [1.165, 1.54) is 6.08 Å². The summed E-state index contributed by atoms with van der Waals surface area (Å²) in [4.78, 5) is 26.4. The summed E-state index contributed by atoms with van der Waals surface area (Å²) in [5.41, 5.74) is 10.0. The average molecular weight is 384 g/mol. The topological polar surface area (TPSA) is 75.4 Å². The molecule has 1 heterocycles. The number of nitrogens with two attached hydrogens (primary N) is 1. The predicted molar refractivity (Wildman–Crippen MR) is 108 cm³/mol. The first-order valence-corrected chi connectivity index (χ1v) is 9.13. The molecule has 3 rings (SSSR count). The third kappa shape index (κ3) is 4.21. The van der Waals surface area contributed by atoms with Crippen LogP contribution in [0.1, 0.15) is 34.7 Å². The zero-order valence-electron chi connectivity index (χ0n) is 15.3. The molecule has 2 amide bonds. The van der Waals surface area contributed by atoms with Crippen LogP contribution in [0.3, 0.4) is 0 Å². The highest BCUT2D eigenvalue weighted by atomic mass is 35.5. The van der Waals surface area contributed by atoms with Gasteiger partial charge in [0, 0.05) is 29.9 Å². The maximum absolute atomic E-state index is 12.9. The molecule has 1 aliphatic rings. The number of carbonyl (C=O) groups excluding carboxylic acids is 2. The van der Waals surface area contributed by atoms with E-state index >= 15 is 0 Å². The lowest BCUT2D eigenvalue weighted by molar-refractivity contribution is -0.116. The average Bonchev–Trinajstić information content (AvgIpc) is 2.64. The smallest absolute Gasteiger partial charge is 0.326 e.